The molecule has 2 atom stereocenters. The normalized spacial score (nSPS) is 35.1. The van der Waals surface area contributed by atoms with Gasteiger partial charge < -0.3 is 5.32 Å². The van der Waals surface area contributed by atoms with Gasteiger partial charge in [0.05, 0.1) is 5.41 Å². The average Bonchev–Trinajstić information content (AvgIpc) is 2.65. The second-order valence-corrected chi connectivity index (χ2v) is 7.43. The van der Waals surface area contributed by atoms with Crippen molar-refractivity contribution in [2.24, 2.45) is 16.7 Å². The zero-order chi connectivity index (χ0) is 13.1. The summed E-state index contributed by atoms with van der Waals surface area (Å²) in [6, 6.07) is 0. The van der Waals surface area contributed by atoms with Crippen molar-refractivity contribution >= 4 is 5.91 Å². The maximum Gasteiger partial charge on any atom is 0.230 e. The summed E-state index contributed by atoms with van der Waals surface area (Å²) in [5.41, 5.74) is 0.856. The highest BCUT2D eigenvalue weighted by Gasteiger charge is 2.61. The average molecular weight is 235 g/mol. The van der Waals surface area contributed by atoms with E-state index in [1.165, 1.54) is 6.42 Å². The summed E-state index contributed by atoms with van der Waals surface area (Å²) in [6.45, 7) is 14.9. The number of rotatable bonds is 1. The minimum absolute atomic E-state index is 0.132. The van der Waals surface area contributed by atoms with Gasteiger partial charge in [0.2, 0.25) is 5.91 Å². The van der Waals surface area contributed by atoms with E-state index in [-0.39, 0.29) is 22.3 Å². The molecule has 2 saturated carbocycles. The maximum atomic E-state index is 12.6. The Kier molecular flexibility index (Phi) is 2.51. The van der Waals surface area contributed by atoms with Gasteiger partial charge in [0.25, 0.3) is 0 Å². The van der Waals surface area contributed by atoms with Crippen LogP contribution in [-0.4, -0.2) is 11.4 Å². The lowest BCUT2D eigenvalue weighted by Crippen LogP contribution is -2.49. The van der Waals surface area contributed by atoms with Crippen LogP contribution in [0.4, 0.5) is 0 Å². The predicted octanol–water partition coefficient (Wildman–Crippen LogP) is 3.28. The molecule has 0 aromatic rings. The lowest BCUT2D eigenvalue weighted by molar-refractivity contribution is -0.130. The first-order valence-corrected chi connectivity index (χ1v) is 6.62. The molecule has 0 aromatic carbocycles. The van der Waals surface area contributed by atoms with Crippen LogP contribution in [0.1, 0.15) is 53.9 Å². The van der Waals surface area contributed by atoms with Crippen molar-refractivity contribution in [3.63, 3.8) is 0 Å². The van der Waals surface area contributed by atoms with Gasteiger partial charge in [-0.2, -0.15) is 0 Å². The quantitative estimate of drug-likeness (QED) is 0.694. The SMILES string of the molecule is C=C1C(C)(C)[C@H]2CC[C@@]1(C(=O)NC(C)(C)C)C2. The van der Waals surface area contributed by atoms with E-state index in [9.17, 15) is 4.79 Å². The predicted molar refractivity (Wildman–Crippen MR) is 70.6 cm³/mol. The van der Waals surface area contributed by atoms with Gasteiger partial charge in [-0.15, -0.1) is 0 Å². The number of fused-ring (bicyclic) bond motifs is 2. The number of amides is 1. The zero-order valence-corrected chi connectivity index (χ0v) is 11.8. The molecule has 2 bridgehead atoms. The van der Waals surface area contributed by atoms with Gasteiger partial charge >= 0.3 is 0 Å². The van der Waals surface area contributed by atoms with Crippen molar-refractivity contribution in [3.8, 4) is 0 Å². The maximum absolute atomic E-state index is 12.6. The molecular formula is C15H25NO. The largest absolute Gasteiger partial charge is 0.351 e. The molecule has 0 radical (unpaired) electrons. The molecule has 2 fully saturated rings. The van der Waals surface area contributed by atoms with Crippen LogP contribution in [0, 0.1) is 16.7 Å². The van der Waals surface area contributed by atoms with Crippen LogP contribution in [0.15, 0.2) is 12.2 Å². The molecule has 2 rings (SSSR count). The Balaban J connectivity index is 2.27. The first-order valence-electron chi connectivity index (χ1n) is 6.62. The Bertz CT molecular complexity index is 375. The van der Waals surface area contributed by atoms with Gasteiger partial charge in [-0.25, -0.2) is 0 Å². The van der Waals surface area contributed by atoms with Crippen molar-refractivity contribution in [1.29, 1.82) is 0 Å². The summed E-state index contributed by atoms with van der Waals surface area (Å²) in [4.78, 5) is 12.6. The smallest absolute Gasteiger partial charge is 0.230 e. The van der Waals surface area contributed by atoms with Crippen LogP contribution >= 0.6 is 0 Å². The monoisotopic (exact) mass is 235 g/mol. The second-order valence-electron chi connectivity index (χ2n) is 7.43. The topological polar surface area (TPSA) is 29.1 Å². The molecule has 0 saturated heterocycles. The molecule has 2 aliphatic carbocycles. The van der Waals surface area contributed by atoms with E-state index in [0.29, 0.717) is 5.92 Å². The van der Waals surface area contributed by atoms with E-state index in [1.807, 2.05) is 20.8 Å². The standard InChI is InChI=1S/C15H25NO/c1-10-14(5,6)11-7-8-15(10,9-11)12(17)16-13(2,3)4/h11H,1,7-9H2,2-6H3,(H,16,17)/t11-,15+/m0/s1. The Morgan fingerprint density at radius 3 is 2.41 bits per heavy atom. The number of carbonyl (C=O) groups excluding carboxylic acids is 1. The first kappa shape index (κ1) is 12.7. The third-order valence-electron chi connectivity index (χ3n) is 4.81. The number of carbonyl (C=O) groups is 1. The molecule has 0 aromatic heterocycles. The van der Waals surface area contributed by atoms with E-state index in [4.69, 9.17) is 0 Å². The number of hydrogen-bond donors (Lipinski definition) is 1. The fraction of sp³-hybridized carbons (Fsp3) is 0.800. The van der Waals surface area contributed by atoms with Gasteiger partial charge in [-0.3, -0.25) is 4.79 Å². The summed E-state index contributed by atoms with van der Waals surface area (Å²) in [5.74, 6) is 0.837. The fourth-order valence-electron chi connectivity index (χ4n) is 3.60. The first-order chi connectivity index (χ1) is 7.59. The van der Waals surface area contributed by atoms with Gasteiger partial charge in [-0.05, 0) is 51.4 Å². The highest BCUT2D eigenvalue weighted by Crippen LogP contribution is 2.65. The van der Waals surface area contributed by atoms with Crippen LogP contribution < -0.4 is 5.32 Å². The van der Waals surface area contributed by atoms with Crippen molar-refractivity contribution < 1.29 is 4.79 Å². The Morgan fingerprint density at radius 2 is 2.00 bits per heavy atom. The highest BCUT2D eigenvalue weighted by molar-refractivity contribution is 5.88. The lowest BCUT2D eigenvalue weighted by atomic mass is 9.68. The van der Waals surface area contributed by atoms with Gasteiger partial charge in [-0.1, -0.05) is 26.0 Å². The van der Waals surface area contributed by atoms with Crippen LogP contribution in [0.25, 0.3) is 0 Å². The molecule has 0 spiro atoms. The molecule has 2 nitrogen and oxygen atoms in total. The molecule has 17 heavy (non-hydrogen) atoms. The third kappa shape index (κ3) is 1.73. The van der Waals surface area contributed by atoms with Crippen LogP contribution in [0.3, 0.4) is 0 Å². The minimum Gasteiger partial charge on any atom is -0.351 e. The van der Waals surface area contributed by atoms with Gasteiger partial charge in [0, 0.05) is 5.54 Å². The highest BCUT2D eigenvalue weighted by atomic mass is 16.2. The van der Waals surface area contributed by atoms with Crippen molar-refractivity contribution in [3.05, 3.63) is 12.2 Å². The van der Waals surface area contributed by atoms with E-state index in [0.717, 1.165) is 18.4 Å². The summed E-state index contributed by atoms with van der Waals surface area (Å²) in [5, 5.41) is 3.15. The summed E-state index contributed by atoms with van der Waals surface area (Å²) in [6.07, 6.45) is 3.16. The molecule has 0 unspecified atom stereocenters. The Morgan fingerprint density at radius 1 is 1.41 bits per heavy atom. The summed E-state index contributed by atoms with van der Waals surface area (Å²) >= 11 is 0. The molecule has 0 heterocycles. The minimum atomic E-state index is -0.276. The second kappa shape index (κ2) is 3.37. The molecule has 1 N–H and O–H groups in total. The number of hydrogen-bond acceptors (Lipinski definition) is 1. The van der Waals surface area contributed by atoms with E-state index in [1.54, 1.807) is 0 Å². The van der Waals surface area contributed by atoms with Gasteiger partial charge in [0.15, 0.2) is 0 Å². The van der Waals surface area contributed by atoms with Crippen LogP contribution in [-0.2, 0) is 4.79 Å². The molecule has 0 aliphatic heterocycles. The van der Waals surface area contributed by atoms with E-state index >= 15 is 0 Å². The molecule has 1 amide bonds. The molecular weight excluding hydrogens is 210 g/mol. The third-order valence-corrected chi connectivity index (χ3v) is 4.81. The van der Waals surface area contributed by atoms with Gasteiger partial charge in [0.1, 0.15) is 0 Å². The molecule has 96 valence electrons. The van der Waals surface area contributed by atoms with Crippen molar-refractivity contribution in [2.75, 3.05) is 0 Å². The summed E-state index contributed by atoms with van der Waals surface area (Å²) < 4.78 is 0. The zero-order valence-electron chi connectivity index (χ0n) is 11.8. The lowest BCUT2D eigenvalue weighted by Gasteiger charge is -2.38. The van der Waals surface area contributed by atoms with Crippen molar-refractivity contribution in [1.82, 2.24) is 5.32 Å². The van der Waals surface area contributed by atoms with Crippen molar-refractivity contribution in [2.45, 2.75) is 59.4 Å². The Hall–Kier alpha value is -0.790. The Labute approximate surface area is 105 Å². The van der Waals surface area contributed by atoms with E-state index in [2.05, 4.69) is 25.7 Å². The van der Waals surface area contributed by atoms with Crippen LogP contribution in [0.5, 0.6) is 0 Å². The summed E-state index contributed by atoms with van der Waals surface area (Å²) in [7, 11) is 0. The fourth-order valence-corrected chi connectivity index (χ4v) is 3.60. The molecule has 2 heteroatoms. The van der Waals surface area contributed by atoms with E-state index < -0.39 is 0 Å². The molecule has 2 aliphatic rings. The number of nitrogens with one attached hydrogen (secondary N) is 1. The van der Waals surface area contributed by atoms with Crippen LogP contribution in [0.2, 0.25) is 0 Å².